The van der Waals surface area contributed by atoms with E-state index in [2.05, 4.69) is 23.5 Å². The van der Waals surface area contributed by atoms with Crippen LogP contribution in [0.3, 0.4) is 0 Å². The quantitative estimate of drug-likeness (QED) is 0.810. The van der Waals surface area contributed by atoms with Crippen LogP contribution < -0.4 is 10.1 Å². The summed E-state index contributed by atoms with van der Waals surface area (Å²) in [5.74, 6) is 1.07. The summed E-state index contributed by atoms with van der Waals surface area (Å²) >= 11 is 0. The highest BCUT2D eigenvalue weighted by Gasteiger charge is 2.13. The molecule has 110 valence electrons. The third-order valence-corrected chi connectivity index (χ3v) is 4.31. The Hall–Kier alpha value is -1.06. The van der Waals surface area contributed by atoms with Gasteiger partial charge in [0.05, 0.1) is 13.2 Å². The molecular weight excluding hydrogens is 250 g/mol. The van der Waals surface area contributed by atoms with Crippen LogP contribution in [0.25, 0.3) is 0 Å². The second kappa shape index (κ2) is 7.09. The van der Waals surface area contributed by atoms with Gasteiger partial charge in [0.15, 0.2) is 0 Å². The second-order valence-corrected chi connectivity index (χ2v) is 5.84. The molecule has 3 nitrogen and oxygen atoms in total. The third-order valence-electron chi connectivity index (χ3n) is 4.31. The van der Waals surface area contributed by atoms with Crippen molar-refractivity contribution in [3.8, 4) is 5.75 Å². The molecule has 0 saturated carbocycles. The lowest BCUT2D eigenvalue weighted by atomic mass is 10.0. The highest BCUT2D eigenvalue weighted by atomic mass is 16.5. The lowest BCUT2D eigenvalue weighted by Crippen LogP contribution is -2.34. The summed E-state index contributed by atoms with van der Waals surface area (Å²) in [5.41, 5.74) is 2.72. The molecule has 0 amide bonds. The van der Waals surface area contributed by atoms with Crippen molar-refractivity contribution in [3.63, 3.8) is 0 Å². The minimum absolute atomic E-state index is 0.681. The first kappa shape index (κ1) is 13.9. The van der Waals surface area contributed by atoms with Crippen LogP contribution in [0.2, 0.25) is 0 Å². The molecule has 0 aliphatic carbocycles. The second-order valence-electron chi connectivity index (χ2n) is 5.84. The van der Waals surface area contributed by atoms with Crippen molar-refractivity contribution in [1.29, 1.82) is 0 Å². The van der Waals surface area contributed by atoms with E-state index in [-0.39, 0.29) is 0 Å². The first-order valence-electron chi connectivity index (χ1n) is 7.97. The fraction of sp³-hybridized carbons (Fsp3) is 0.647. The number of rotatable bonds is 6. The van der Waals surface area contributed by atoms with Crippen LogP contribution in [0.5, 0.6) is 5.75 Å². The van der Waals surface area contributed by atoms with Crippen LogP contribution >= 0.6 is 0 Å². The Kier molecular flexibility index (Phi) is 4.93. The average Bonchev–Trinajstić information content (AvgIpc) is 2.95. The molecule has 3 heteroatoms. The Bertz CT molecular complexity index is 427. The van der Waals surface area contributed by atoms with Gasteiger partial charge in [-0.3, -0.25) is 0 Å². The zero-order valence-corrected chi connectivity index (χ0v) is 12.2. The molecule has 1 aromatic carbocycles. The maximum absolute atomic E-state index is 5.79. The van der Waals surface area contributed by atoms with E-state index in [0.717, 1.165) is 44.8 Å². The predicted molar refractivity (Wildman–Crippen MR) is 80.4 cm³/mol. The molecule has 0 bridgehead atoms. The highest BCUT2D eigenvalue weighted by Crippen LogP contribution is 2.25. The Balaban J connectivity index is 1.33. The lowest BCUT2D eigenvalue weighted by molar-refractivity contribution is 0.123. The smallest absolute Gasteiger partial charge is 0.122 e. The van der Waals surface area contributed by atoms with Crippen molar-refractivity contribution in [2.24, 2.45) is 0 Å². The van der Waals surface area contributed by atoms with E-state index in [1.165, 1.54) is 36.9 Å². The van der Waals surface area contributed by atoms with E-state index in [1.807, 2.05) is 0 Å². The van der Waals surface area contributed by atoms with Crippen LogP contribution in [-0.2, 0) is 17.6 Å². The van der Waals surface area contributed by atoms with Crippen molar-refractivity contribution in [3.05, 3.63) is 29.3 Å². The molecule has 0 aromatic heterocycles. The van der Waals surface area contributed by atoms with Crippen LogP contribution in [0.1, 0.15) is 36.8 Å². The van der Waals surface area contributed by atoms with Gasteiger partial charge in [-0.2, -0.15) is 0 Å². The Morgan fingerprint density at radius 2 is 2.25 bits per heavy atom. The van der Waals surface area contributed by atoms with Gasteiger partial charge in [-0.1, -0.05) is 18.6 Å². The largest absolute Gasteiger partial charge is 0.493 e. The zero-order valence-electron chi connectivity index (χ0n) is 12.2. The Labute approximate surface area is 121 Å². The van der Waals surface area contributed by atoms with E-state index in [1.54, 1.807) is 0 Å². The first-order valence-corrected chi connectivity index (χ1v) is 7.97. The molecule has 1 fully saturated rings. The van der Waals surface area contributed by atoms with Gasteiger partial charge in [0.2, 0.25) is 0 Å². The summed E-state index contributed by atoms with van der Waals surface area (Å²) in [6, 6.07) is 7.22. The number of piperidine rings is 1. The fourth-order valence-corrected chi connectivity index (χ4v) is 3.08. The van der Waals surface area contributed by atoms with Gasteiger partial charge < -0.3 is 14.8 Å². The number of fused-ring (bicyclic) bond motifs is 1. The summed E-state index contributed by atoms with van der Waals surface area (Å²) < 4.78 is 11.3. The molecule has 3 rings (SSSR count). The highest BCUT2D eigenvalue weighted by molar-refractivity contribution is 5.39. The average molecular weight is 275 g/mol. The predicted octanol–water partition coefficient (Wildman–Crippen LogP) is 2.71. The van der Waals surface area contributed by atoms with Crippen molar-refractivity contribution in [2.75, 3.05) is 26.4 Å². The SMILES string of the molecule is c1cc2c(cc1CCOCCC1CCCCN1)CCO2. The van der Waals surface area contributed by atoms with E-state index in [4.69, 9.17) is 9.47 Å². The number of hydrogen-bond donors (Lipinski definition) is 1. The van der Waals surface area contributed by atoms with Crippen LogP contribution in [0.4, 0.5) is 0 Å². The van der Waals surface area contributed by atoms with Crippen molar-refractivity contribution >= 4 is 0 Å². The Morgan fingerprint density at radius 1 is 1.25 bits per heavy atom. The van der Waals surface area contributed by atoms with Gasteiger partial charge in [0.1, 0.15) is 5.75 Å². The third kappa shape index (κ3) is 3.74. The molecule has 20 heavy (non-hydrogen) atoms. The summed E-state index contributed by atoms with van der Waals surface area (Å²) in [6.07, 6.45) is 7.23. The van der Waals surface area contributed by atoms with Gasteiger partial charge in [-0.25, -0.2) is 0 Å². The normalized spacial score (nSPS) is 21.5. The molecular formula is C17H25NO2. The minimum Gasteiger partial charge on any atom is -0.493 e. The maximum Gasteiger partial charge on any atom is 0.122 e. The molecule has 2 heterocycles. The number of hydrogen-bond acceptors (Lipinski definition) is 3. The first-order chi connectivity index (χ1) is 9.92. The maximum atomic E-state index is 5.79. The van der Waals surface area contributed by atoms with Gasteiger partial charge in [0, 0.05) is 19.1 Å². The molecule has 1 unspecified atom stereocenters. The minimum atomic E-state index is 0.681. The number of ether oxygens (including phenoxy) is 2. The monoisotopic (exact) mass is 275 g/mol. The summed E-state index contributed by atoms with van der Waals surface area (Å²) in [4.78, 5) is 0. The van der Waals surface area contributed by atoms with Gasteiger partial charge in [0.25, 0.3) is 0 Å². The summed E-state index contributed by atoms with van der Waals surface area (Å²) in [7, 11) is 0. The molecule has 0 radical (unpaired) electrons. The van der Waals surface area contributed by atoms with Gasteiger partial charge in [-0.15, -0.1) is 0 Å². The van der Waals surface area contributed by atoms with E-state index in [9.17, 15) is 0 Å². The molecule has 1 saturated heterocycles. The van der Waals surface area contributed by atoms with Crippen molar-refractivity contribution in [2.45, 2.75) is 44.6 Å². The number of nitrogens with one attached hydrogen (secondary N) is 1. The number of benzene rings is 1. The molecule has 1 atom stereocenters. The van der Waals surface area contributed by atoms with Crippen LogP contribution in [0, 0.1) is 0 Å². The van der Waals surface area contributed by atoms with E-state index in [0.29, 0.717) is 6.04 Å². The van der Waals surface area contributed by atoms with E-state index < -0.39 is 0 Å². The lowest BCUT2D eigenvalue weighted by Gasteiger charge is -2.23. The molecule has 0 spiro atoms. The molecule has 2 aliphatic rings. The zero-order chi connectivity index (χ0) is 13.6. The molecule has 1 N–H and O–H groups in total. The standard InChI is InChI=1S/C17H25NO2/c1-2-9-18-16(3-1)8-11-19-10-6-14-4-5-17-15(13-14)7-12-20-17/h4-5,13,16,18H,1-3,6-12H2. The van der Waals surface area contributed by atoms with Gasteiger partial charge in [-0.05, 0) is 49.4 Å². The van der Waals surface area contributed by atoms with Crippen LogP contribution in [0.15, 0.2) is 18.2 Å². The van der Waals surface area contributed by atoms with Crippen molar-refractivity contribution < 1.29 is 9.47 Å². The van der Waals surface area contributed by atoms with E-state index >= 15 is 0 Å². The topological polar surface area (TPSA) is 30.5 Å². The molecule has 1 aromatic rings. The van der Waals surface area contributed by atoms with Crippen molar-refractivity contribution in [1.82, 2.24) is 5.32 Å². The fourth-order valence-electron chi connectivity index (χ4n) is 3.08. The summed E-state index contributed by atoms with van der Waals surface area (Å²) in [5, 5.41) is 3.56. The Morgan fingerprint density at radius 3 is 3.15 bits per heavy atom. The molecule has 2 aliphatic heterocycles. The van der Waals surface area contributed by atoms with Gasteiger partial charge >= 0.3 is 0 Å². The summed E-state index contributed by atoms with van der Waals surface area (Å²) in [6.45, 7) is 3.73. The van der Waals surface area contributed by atoms with Crippen LogP contribution in [-0.4, -0.2) is 32.4 Å².